The van der Waals surface area contributed by atoms with E-state index in [0.717, 1.165) is 22.9 Å². The van der Waals surface area contributed by atoms with Gasteiger partial charge in [-0.3, -0.25) is 19.3 Å². The van der Waals surface area contributed by atoms with Crippen LogP contribution in [0.5, 0.6) is 0 Å². The third-order valence-electron chi connectivity index (χ3n) is 8.20. The first-order valence-corrected chi connectivity index (χ1v) is 13.9. The zero-order valence-corrected chi connectivity index (χ0v) is 23.7. The molecule has 0 radical (unpaired) electrons. The van der Waals surface area contributed by atoms with Crippen LogP contribution in [0.3, 0.4) is 0 Å². The van der Waals surface area contributed by atoms with Gasteiger partial charge in [-0.1, -0.05) is 12.1 Å². The molecule has 7 nitrogen and oxygen atoms in total. The highest BCUT2D eigenvalue weighted by atomic mass is 19.4. The molecule has 6 rings (SSSR count). The van der Waals surface area contributed by atoms with E-state index in [-0.39, 0.29) is 28.9 Å². The Morgan fingerprint density at radius 3 is 2.46 bits per heavy atom. The van der Waals surface area contributed by atoms with Gasteiger partial charge in [-0.25, -0.2) is 22.0 Å². The van der Waals surface area contributed by atoms with Crippen molar-refractivity contribution in [3.05, 3.63) is 106 Å². The maximum absolute atomic E-state index is 14.4. The second-order valence-electron chi connectivity index (χ2n) is 11.1. The highest BCUT2D eigenvalue weighted by Crippen LogP contribution is 2.68. The number of alkyl halides is 5. The summed E-state index contributed by atoms with van der Waals surface area (Å²) >= 11 is 0. The SMILES string of the molecule is CNC(=O)c1cc(-c2cccnc2[C@H](Cc2cc(F)cc(F)c2)NC(=O)Cn2nc(C(F)(F)F)c3c2CC2C3C2(F)F)ccc1F. The lowest BCUT2D eigenvalue weighted by atomic mass is 9.94. The average Bonchev–Trinajstić information content (AvgIpc) is 3.27. The minimum atomic E-state index is -5.03. The summed E-state index contributed by atoms with van der Waals surface area (Å²) in [6.45, 7) is -0.781. The molecule has 0 spiro atoms. The molecule has 2 heterocycles. The van der Waals surface area contributed by atoms with Crippen LogP contribution in [0, 0.1) is 23.4 Å². The van der Waals surface area contributed by atoms with Gasteiger partial charge in [0.2, 0.25) is 5.91 Å². The van der Waals surface area contributed by atoms with E-state index in [0.29, 0.717) is 17.2 Å². The Morgan fingerprint density at radius 1 is 1.07 bits per heavy atom. The standard InChI is InChI=1S/C31H23F8N5O2/c1-40-29(46)19-10-15(4-5-21(19)34)18-3-2-6-41-27(18)22(9-14-7-16(32)11-17(33)8-14)42-24(45)13-44-23-12-20-26(30(20,35)36)25(23)28(43-44)31(37,38)39/h2-8,10-11,20,22,26H,9,12-13H2,1H3,(H,40,46)(H,42,45)/t20?,22-,26?/m0/s1. The van der Waals surface area contributed by atoms with E-state index >= 15 is 0 Å². The number of fused-ring (bicyclic) bond motifs is 3. The number of rotatable bonds is 8. The van der Waals surface area contributed by atoms with Crippen molar-refractivity contribution < 1.29 is 44.7 Å². The molecule has 2 N–H and O–H groups in total. The van der Waals surface area contributed by atoms with Crippen LogP contribution in [-0.4, -0.2) is 39.5 Å². The summed E-state index contributed by atoms with van der Waals surface area (Å²) < 4.78 is 113. The van der Waals surface area contributed by atoms with Crippen molar-refractivity contribution in [2.24, 2.45) is 5.92 Å². The predicted octanol–water partition coefficient (Wildman–Crippen LogP) is 5.75. The van der Waals surface area contributed by atoms with Gasteiger partial charge in [-0.15, -0.1) is 0 Å². The maximum atomic E-state index is 14.4. The van der Waals surface area contributed by atoms with Crippen molar-refractivity contribution in [1.29, 1.82) is 0 Å². The highest BCUT2D eigenvalue weighted by molar-refractivity contribution is 5.95. The number of hydrogen-bond acceptors (Lipinski definition) is 4. The highest BCUT2D eigenvalue weighted by Gasteiger charge is 2.74. The monoisotopic (exact) mass is 649 g/mol. The zero-order chi connectivity index (χ0) is 33.1. The molecule has 4 aromatic rings. The molecule has 46 heavy (non-hydrogen) atoms. The first-order valence-electron chi connectivity index (χ1n) is 13.9. The predicted molar refractivity (Wildman–Crippen MR) is 146 cm³/mol. The minimum Gasteiger partial charge on any atom is -0.355 e. The van der Waals surface area contributed by atoms with Crippen LogP contribution in [0.4, 0.5) is 35.1 Å². The third-order valence-corrected chi connectivity index (χ3v) is 8.20. The van der Waals surface area contributed by atoms with Gasteiger partial charge >= 0.3 is 6.18 Å². The van der Waals surface area contributed by atoms with Gasteiger partial charge in [0, 0.05) is 42.0 Å². The lowest BCUT2D eigenvalue weighted by molar-refractivity contribution is -0.142. The van der Waals surface area contributed by atoms with Crippen molar-refractivity contribution in [3.63, 3.8) is 0 Å². The molecule has 240 valence electrons. The Balaban J connectivity index is 1.36. The largest absolute Gasteiger partial charge is 0.435 e. The zero-order valence-electron chi connectivity index (χ0n) is 23.7. The fraction of sp³-hybridized carbons (Fsp3) is 0.290. The molecule has 2 aromatic heterocycles. The smallest absolute Gasteiger partial charge is 0.355 e. The topological polar surface area (TPSA) is 88.9 Å². The van der Waals surface area contributed by atoms with Gasteiger partial charge in [0.05, 0.1) is 23.2 Å². The van der Waals surface area contributed by atoms with Crippen LogP contribution in [0.15, 0.2) is 54.7 Å². The summed E-state index contributed by atoms with van der Waals surface area (Å²) in [6, 6.07) is 8.26. The molecule has 2 unspecified atom stereocenters. The van der Waals surface area contributed by atoms with E-state index in [1.807, 2.05) is 0 Å². The summed E-state index contributed by atoms with van der Waals surface area (Å²) in [5.74, 6) is -10.5. The molecule has 15 heteroatoms. The third kappa shape index (κ3) is 5.58. The quantitative estimate of drug-likeness (QED) is 0.238. The number of nitrogens with one attached hydrogen (secondary N) is 2. The second kappa shape index (κ2) is 11.2. The Morgan fingerprint density at radius 2 is 1.78 bits per heavy atom. The average molecular weight is 650 g/mol. The van der Waals surface area contributed by atoms with Crippen molar-refractivity contribution >= 4 is 11.8 Å². The van der Waals surface area contributed by atoms with Crippen LogP contribution >= 0.6 is 0 Å². The number of hydrogen-bond donors (Lipinski definition) is 2. The molecular weight excluding hydrogens is 626 g/mol. The molecule has 2 aliphatic rings. The molecule has 1 fully saturated rings. The van der Waals surface area contributed by atoms with Gasteiger partial charge in [0.25, 0.3) is 11.8 Å². The number of carbonyl (C=O) groups excluding carboxylic acids is 2. The molecule has 3 atom stereocenters. The van der Waals surface area contributed by atoms with E-state index < -0.39 is 83.5 Å². The molecule has 2 aromatic carbocycles. The first kappa shape index (κ1) is 31.2. The fourth-order valence-electron chi connectivity index (χ4n) is 6.14. The Bertz CT molecular complexity index is 1850. The summed E-state index contributed by atoms with van der Waals surface area (Å²) in [5, 5.41) is 8.44. The van der Waals surface area contributed by atoms with Gasteiger partial charge in [0.15, 0.2) is 5.69 Å². The first-order chi connectivity index (χ1) is 21.7. The van der Waals surface area contributed by atoms with E-state index in [9.17, 15) is 44.7 Å². The number of benzene rings is 2. The maximum Gasteiger partial charge on any atom is 0.435 e. The lowest BCUT2D eigenvalue weighted by Crippen LogP contribution is -2.34. The number of aromatic nitrogens is 3. The summed E-state index contributed by atoms with van der Waals surface area (Å²) in [4.78, 5) is 30.0. The molecule has 1 saturated carbocycles. The van der Waals surface area contributed by atoms with Gasteiger partial charge in [-0.05, 0) is 54.3 Å². The van der Waals surface area contributed by atoms with E-state index in [1.54, 1.807) is 6.07 Å². The van der Waals surface area contributed by atoms with Gasteiger partial charge in [0.1, 0.15) is 24.0 Å². The number of halogens is 8. The normalized spacial score (nSPS) is 18.5. The van der Waals surface area contributed by atoms with Crippen LogP contribution in [0.1, 0.15) is 50.5 Å². The molecule has 2 amide bonds. The van der Waals surface area contributed by atoms with Crippen molar-refractivity contribution in [2.75, 3.05) is 7.05 Å². The van der Waals surface area contributed by atoms with Crippen LogP contribution in [-0.2, 0) is 30.4 Å². The summed E-state index contributed by atoms with van der Waals surface area (Å²) in [7, 11) is 1.31. The van der Waals surface area contributed by atoms with Gasteiger partial charge < -0.3 is 10.6 Å². The van der Waals surface area contributed by atoms with Gasteiger partial charge in [-0.2, -0.15) is 18.3 Å². The van der Waals surface area contributed by atoms with E-state index in [1.165, 1.54) is 31.4 Å². The van der Waals surface area contributed by atoms with Crippen LogP contribution in [0.25, 0.3) is 11.1 Å². The molecular formula is C31H23F8N5O2. The molecule has 0 aliphatic heterocycles. The Hall–Kier alpha value is -4.82. The number of pyridine rings is 1. The van der Waals surface area contributed by atoms with Crippen molar-refractivity contribution in [2.45, 2.75) is 43.4 Å². The molecule has 0 bridgehead atoms. The summed E-state index contributed by atoms with van der Waals surface area (Å²) in [5.41, 5.74) is -1.68. The Kier molecular flexibility index (Phi) is 7.60. The van der Waals surface area contributed by atoms with E-state index in [2.05, 4.69) is 20.7 Å². The number of carbonyl (C=O) groups is 2. The number of amides is 2. The summed E-state index contributed by atoms with van der Waals surface area (Å²) in [6.07, 6.45) is -4.32. The van der Waals surface area contributed by atoms with Crippen LogP contribution in [0.2, 0.25) is 0 Å². The lowest BCUT2D eigenvalue weighted by Gasteiger charge is -2.22. The fourth-order valence-corrected chi connectivity index (χ4v) is 6.14. The molecule has 2 aliphatic carbocycles. The van der Waals surface area contributed by atoms with Crippen molar-refractivity contribution in [1.82, 2.24) is 25.4 Å². The number of nitrogens with zero attached hydrogens (tertiary/aromatic N) is 3. The van der Waals surface area contributed by atoms with Crippen LogP contribution < -0.4 is 10.6 Å². The Labute approximate surface area is 255 Å². The molecule has 0 saturated heterocycles. The minimum absolute atomic E-state index is 0.0891. The van der Waals surface area contributed by atoms with E-state index in [4.69, 9.17) is 0 Å². The van der Waals surface area contributed by atoms with Crippen molar-refractivity contribution in [3.8, 4) is 11.1 Å². The second-order valence-corrected chi connectivity index (χ2v) is 11.1.